The van der Waals surface area contributed by atoms with E-state index in [2.05, 4.69) is 26.6 Å². The summed E-state index contributed by atoms with van der Waals surface area (Å²) in [6.07, 6.45) is -3.93. The van der Waals surface area contributed by atoms with Gasteiger partial charge in [0, 0.05) is 33.0 Å². The number of hydrogen-bond acceptors (Lipinski definition) is 2. The van der Waals surface area contributed by atoms with Crippen molar-refractivity contribution < 1.29 is 35.9 Å². The fourth-order valence-electron chi connectivity index (χ4n) is 3.82. The van der Waals surface area contributed by atoms with E-state index in [-0.39, 0.29) is 39.0 Å². The largest absolute Gasteiger partial charge is 0.416 e. The van der Waals surface area contributed by atoms with Crippen LogP contribution in [0.25, 0.3) is 6.08 Å². The average Bonchev–Trinajstić information content (AvgIpc) is 3.10. The number of carbonyl (C=O) groups is 2. The summed E-state index contributed by atoms with van der Waals surface area (Å²) in [7, 11) is 0. The Hall–Kier alpha value is -3.31. The van der Waals surface area contributed by atoms with Crippen molar-refractivity contribution in [2.24, 2.45) is 0 Å². The molecule has 0 bridgehead atoms. The van der Waals surface area contributed by atoms with Crippen LogP contribution in [0, 0.1) is 11.6 Å². The highest BCUT2D eigenvalue weighted by atomic mass is 79.9. The highest BCUT2D eigenvalue weighted by Crippen LogP contribution is 2.41. The zero-order chi connectivity index (χ0) is 26.4. The molecule has 0 saturated heterocycles. The van der Waals surface area contributed by atoms with Gasteiger partial charge in [0.05, 0.1) is 11.6 Å². The molecule has 1 unspecified atom stereocenters. The second kappa shape index (κ2) is 9.62. The molecule has 4 nitrogen and oxygen atoms in total. The van der Waals surface area contributed by atoms with Crippen molar-refractivity contribution in [1.29, 1.82) is 0 Å². The van der Waals surface area contributed by atoms with Crippen LogP contribution in [0.3, 0.4) is 0 Å². The molecule has 0 radical (unpaired) electrons. The van der Waals surface area contributed by atoms with Gasteiger partial charge in [-0.1, -0.05) is 11.6 Å². The molecule has 1 atom stereocenters. The van der Waals surface area contributed by atoms with E-state index in [1.165, 1.54) is 18.2 Å². The van der Waals surface area contributed by atoms with E-state index in [1.807, 2.05) is 0 Å². The summed E-state index contributed by atoms with van der Waals surface area (Å²) < 4.78 is 79.9. The summed E-state index contributed by atoms with van der Waals surface area (Å²) in [5.74, 6) is -3.74. The molecule has 3 aromatic rings. The third kappa shape index (κ3) is 5.26. The maximum absolute atomic E-state index is 14.0. The van der Waals surface area contributed by atoms with Gasteiger partial charge >= 0.3 is 6.18 Å². The van der Waals surface area contributed by atoms with Gasteiger partial charge in [0.15, 0.2) is 4.74 Å². The van der Waals surface area contributed by atoms with E-state index in [0.717, 1.165) is 18.2 Å². The van der Waals surface area contributed by atoms with Crippen LogP contribution in [-0.4, -0.2) is 11.8 Å². The zero-order valence-corrected chi connectivity index (χ0v) is 20.0. The summed E-state index contributed by atoms with van der Waals surface area (Å²) in [6.45, 7) is 0. The third-order valence-corrected chi connectivity index (χ3v) is 5.86. The molecule has 1 heterocycles. The second-order valence-corrected chi connectivity index (χ2v) is 8.88. The van der Waals surface area contributed by atoms with Gasteiger partial charge in [-0.25, -0.2) is 8.78 Å². The van der Waals surface area contributed by atoms with Gasteiger partial charge in [0.1, 0.15) is 11.6 Å². The number of hydrogen-bond donors (Lipinski definition) is 2. The first-order valence-electron chi connectivity index (χ1n) is 9.99. The molecule has 2 N–H and O–H groups in total. The molecule has 12 heteroatoms. The Morgan fingerprint density at radius 1 is 1.06 bits per heavy atom. The lowest BCUT2D eigenvalue weighted by Gasteiger charge is -2.19. The van der Waals surface area contributed by atoms with E-state index in [0.29, 0.717) is 12.1 Å². The molecule has 0 fully saturated rings. The number of halogens is 8. The van der Waals surface area contributed by atoms with Gasteiger partial charge in [-0.15, -0.1) is 0 Å². The maximum atomic E-state index is 14.0. The molecule has 0 aromatic heterocycles. The van der Waals surface area contributed by atoms with Crippen LogP contribution < -0.4 is 10.6 Å². The van der Waals surface area contributed by atoms with Crippen LogP contribution in [0.1, 0.15) is 49.0 Å². The molecule has 0 spiro atoms. The van der Waals surface area contributed by atoms with Crippen molar-refractivity contribution >= 4 is 51.1 Å². The van der Waals surface area contributed by atoms with Gasteiger partial charge in [-0.05, 0) is 76.1 Å². The fourth-order valence-corrected chi connectivity index (χ4v) is 4.31. The number of benzene rings is 3. The van der Waals surface area contributed by atoms with Crippen molar-refractivity contribution in [3.63, 3.8) is 0 Å². The summed E-state index contributed by atoms with van der Waals surface area (Å²) in [6, 6.07) is 6.24. The standard InChI is InChI=1S/C24H12BrClF6N2O2/c25-19(29)5-10-3-16-20(21(34-23(16)36)15-9-13(27)1-2-17(15)26)18(4-10)33-22(35)11-6-12(24(30,31)32)8-14(28)7-11/h1-9,21H,(H,33,35)(H,34,36)/b19-5-. The van der Waals surface area contributed by atoms with Crippen LogP contribution in [0.4, 0.5) is 32.0 Å². The predicted molar refractivity (Wildman–Crippen MR) is 125 cm³/mol. The Kier molecular flexibility index (Phi) is 6.89. The lowest BCUT2D eigenvalue weighted by molar-refractivity contribution is -0.137. The van der Waals surface area contributed by atoms with Gasteiger partial charge in [0.2, 0.25) is 0 Å². The Balaban J connectivity index is 1.85. The average molecular weight is 590 g/mol. The fraction of sp³-hybridized carbons (Fsp3) is 0.0833. The Bertz CT molecular complexity index is 1440. The minimum atomic E-state index is -4.91. The molecule has 0 aliphatic carbocycles. The van der Waals surface area contributed by atoms with E-state index < -0.39 is 51.5 Å². The monoisotopic (exact) mass is 588 g/mol. The number of anilines is 1. The van der Waals surface area contributed by atoms with Gasteiger partial charge < -0.3 is 10.6 Å². The number of alkyl halides is 3. The van der Waals surface area contributed by atoms with Crippen molar-refractivity contribution in [2.75, 3.05) is 5.32 Å². The number of carbonyl (C=O) groups excluding carboxylic acids is 2. The summed E-state index contributed by atoms with van der Waals surface area (Å²) >= 11 is 8.82. The number of amides is 2. The lowest BCUT2D eigenvalue weighted by Crippen LogP contribution is -2.21. The minimum Gasteiger partial charge on any atom is -0.341 e. The van der Waals surface area contributed by atoms with Crippen molar-refractivity contribution in [3.05, 3.63) is 103 Å². The van der Waals surface area contributed by atoms with E-state index in [4.69, 9.17) is 11.6 Å². The van der Waals surface area contributed by atoms with Crippen LogP contribution in [0.5, 0.6) is 0 Å². The predicted octanol–water partition coefficient (Wildman–Crippen LogP) is 7.38. The van der Waals surface area contributed by atoms with Crippen molar-refractivity contribution in [3.8, 4) is 0 Å². The normalized spacial score (nSPS) is 15.5. The molecular formula is C24H12BrClF6N2O2. The van der Waals surface area contributed by atoms with Gasteiger partial charge in [0.25, 0.3) is 11.8 Å². The molecule has 36 heavy (non-hydrogen) atoms. The van der Waals surface area contributed by atoms with Crippen molar-refractivity contribution in [1.82, 2.24) is 5.32 Å². The molecule has 186 valence electrons. The van der Waals surface area contributed by atoms with Crippen LogP contribution in [0.2, 0.25) is 5.02 Å². The summed E-state index contributed by atoms with van der Waals surface area (Å²) in [5, 5.41) is 5.05. The second-order valence-electron chi connectivity index (χ2n) is 7.72. The SMILES string of the molecule is O=C(Nc1cc(/C=C(\F)Br)cc2c1C(c1cc(F)ccc1Cl)NC2=O)c1cc(F)cc(C(F)(F)F)c1. The quantitative estimate of drug-likeness (QED) is 0.312. The van der Waals surface area contributed by atoms with Crippen LogP contribution >= 0.6 is 27.5 Å². The molecule has 0 saturated carbocycles. The summed E-state index contributed by atoms with van der Waals surface area (Å²) in [5.41, 5.74) is -1.81. The van der Waals surface area contributed by atoms with Crippen LogP contribution in [-0.2, 0) is 6.18 Å². The van der Waals surface area contributed by atoms with Crippen molar-refractivity contribution in [2.45, 2.75) is 12.2 Å². The Labute approximate surface area is 213 Å². The van der Waals surface area contributed by atoms with E-state index in [9.17, 15) is 35.9 Å². The molecule has 2 amide bonds. The Morgan fingerprint density at radius 2 is 1.78 bits per heavy atom. The smallest absolute Gasteiger partial charge is 0.341 e. The maximum Gasteiger partial charge on any atom is 0.416 e. The topological polar surface area (TPSA) is 58.2 Å². The minimum absolute atomic E-state index is 0.0200. The van der Waals surface area contributed by atoms with Crippen LogP contribution in [0.15, 0.2) is 53.3 Å². The molecule has 4 rings (SSSR count). The molecular weight excluding hydrogens is 578 g/mol. The molecule has 1 aliphatic rings. The highest BCUT2D eigenvalue weighted by molar-refractivity contribution is 9.11. The molecule has 1 aliphatic heterocycles. The molecule has 3 aromatic carbocycles. The van der Waals surface area contributed by atoms with E-state index >= 15 is 0 Å². The lowest BCUT2D eigenvalue weighted by atomic mass is 9.94. The number of nitrogens with one attached hydrogen (secondary N) is 2. The zero-order valence-electron chi connectivity index (χ0n) is 17.6. The number of rotatable bonds is 4. The third-order valence-electron chi connectivity index (χ3n) is 5.29. The number of fused-ring (bicyclic) bond motifs is 1. The Morgan fingerprint density at radius 3 is 2.44 bits per heavy atom. The first-order chi connectivity index (χ1) is 16.8. The first-order valence-corrected chi connectivity index (χ1v) is 11.2. The highest BCUT2D eigenvalue weighted by Gasteiger charge is 2.35. The van der Waals surface area contributed by atoms with Gasteiger partial charge in [-0.3, -0.25) is 9.59 Å². The summed E-state index contributed by atoms with van der Waals surface area (Å²) in [4.78, 5) is 25.6. The van der Waals surface area contributed by atoms with E-state index in [1.54, 1.807) is 0 Å². The van der Waals surface area contributed by atoms with Gasteiger partial charge in [-0.2, -0.15) is 17.6 Å². The first kappa shape index (κ1) is 25.8.